The smallest absolute Gasteiger partial charge is 0.171 e. The van der Waals surface area contributed by atoms with E-state index in [0.29, 0.717) is 5.11 Å². The van der Waals surface area contributed by atoms with Crippen LogP contribution in [0, 0.1) is 0 Å². The molecule has 0 amide bonds. The van der Waals surface area contributed by atoms with Gasteiger partial charge in [0.05, 0.1) is 0 Å². The molecule has 0 aliphatic carbocycles. The summed E-state index contributed by atoms with van der Waals surface area (Å²) in [6.07, 6.45) is 0.953. The maximum atomic E-state index is 5.86. The summed E-state index contributed by atoms with van der Waals surface area (Å²) in [5.74, 6) is 0. The molecule has 2 nitrogen and oxygen atoms in total. The molecule has 0 fully saturated rings. The fraction of sp³-hybridized carbons (Fsp3) is 0.417. The minimum absolute atomic E-state index is 0.105. The van der Waals surface area contributed by atoms with Crippen molar-refractivity contribution >= 4 is 54.9 Å². The molecule has 94 valence electrons. The SMILES string of the molecule is CCC(C)(C)N(C(N)=S)c1cc(Br)cc(Br)c1. The van der Waals surface area contributed by atoms with Crippen molar-refractivity contribution in [2.24, 2.45) is 5.73 Å². The predicted molar refractivity (Wildman–Crippen MR) is 85.5 cm³/mol. The highest BCUT2D eigenvalue weighted by atomic mass is 79.9. The van der Waals surface area contributed by atoms with Crippen LogP contribution in [0.1, 0.15) is 27.2 Å². The average Bonchev–Trinajstić information content (AvgIpc) is 2.14. The number of anilines is 1. The number of nitrogens with two attached hydrogens (primary N) is 1. The van der Waals surface area contributed by atoms with Crippen LogP contribution < -0.4 is 10.6 Å². The van der Waals surface area contributed by atoms with Crippen LogP contribution in [0.5, 0.6) is 0 Å². The fourth-order valence-electron chi connectivity index (χ4n) is 1.60. The third-order valence-electron chi connectivity index (χ3n) is 2.80. The molecule has 0 saturated heterocycles. The molecule has 0 aliphatic rings. The van der Waals surface area contributed by atoms with Crippen molar-refractivity contribution in [2.75, 3.05) is 4.90 Å². The lowest BCUT2D eigenvalue weighted by molar-refractivity contribution is 0.497. The van der Waals surface area contributed by atoms with Crippen molar-refractivity contribution in [1.82, 2.24) is 0 Å². The summed E-state index contributed by atoms with van der Waals surface area (Å²) in [5, 5.41) is 0.391. The van der Waals surface area contributed by atoms with Crippen molar-refractivity contribution in [2.45, 2.75) is 32.7 Å². The quantitative estimate of drug-likeness (QED) is 0.786. The number of thiocarbonyl (C=S) groups is 1. The molecule has 0 unspecified atom stereocenters. The van der Waals surface area contributed by atoms with Gasteiger partial charge in [-0.15, -0.1) is 0 Å². The van der Waals surface area contributed by atoms with E-state index in [1.54, 1.807) is 0 Å². The molecule has 1 aromatic carbocycles. The zero-order valence-electron chi connectivity index (χ0n) is 10.1. The van der Waals surface area contributed by atoms with E-state index in [4.69, 9.17) is 18.0 Å². The zero-order valence-corrected chi connectivity index (χ0v) is 14.1. The summed E-state index contributed by atoms with van der Waals surface area (Å²) in [7, 11) is 0. The first kappa shape index (κ1) is 14.9. The third-order valence-corrected chi connectivity index (χ3v) is 3.89. The lowest BCUT2D eigenvalue weighted by Crippen LogP contribution is -2.50. The molecule has 17 heavy (non-hydrogen) atoms. The van der Waals surface area contributed by atoms with E-state index in [2.05, 4.69) is 52.6 Å². The Morgan fingerprint density at radius 3 is 2.12 bits per heavy atom. The molecular formula is C12H16Br2N2S. The largest absolute Gasteiger partial charge is 0.376 e. The second-order valence-corrected chi connectivity index (χ2v) is 6.72. The molecule has 0 atom stereocenters. The van der Waals surface area contributed by atoms with Gasteiger partial charge in [0.25, 0.3) is 0 Å². The average molecular weight is 380 g/mol. The summed E-state index contributed by atoms with van der Waals surface area (Å²) < 4.78 is 1.99. The highest BCUT2D eigenvalue weighted by Crippen LogP contribution is 2.31. The van der Waals surface area contributed by atoms with Crippen LogP contribution in [0.25, 0.3) is 0 Å². The molecule has 0 aromatic heterocycles. The van der Waals surface area contributed by atoms with E-state index < -0.39 is 0 Å². The van der Waals surface area contributed by atoms with Crippen molar-refractivity contribution in [3.05, 3.63) is 27.1 Å². The lowest BCUT2D eigenvalue weighted by atomic mass is 9.99. The Bertz CT molecular complexity index is 412. The summed E-state index contributed by atoms with van der Waals surface area (Å²) in [4.78, 5) is 1.98. The summed E-state index contributed by atoms with van der Waals surface area (Å²) in [5.41, 5.74) is 6.74. The molecule has 0 bridgehead atoms. The Morgan fingerprint density at radius 2 is 1.76 bits per heavy atom. The van der Waals surface area contributed by atoms with Gasteiger partial charge in [-0.3, -0.25) is 0 Å². The van der Waals surface area contributed by atoms with Gasteiger partial charge >= 0.3 is 0 Å². The van der Waals surface area contributed by atoms with Crippen LogP contribution in [0.15, 0.2) is 27.1 Å². The Kier molecular flexibility index (Phi) is 4.98. The van der Waals surface area contributed by atoms with E-state index in [0.717, 1.165) is 21.1 Å². The highest BCUT2D eigenvalue weighted by Gasteiger charge is 2.27. The van der Waals surface area contributed by atoms with Gasteiger partial charge in [-0.05, 0) is 50.7 Å². The number of rotatable bonds is 3. The molecule has 1 rings (SSSR count). The molecular weight excluding hydrogens is 364 g/mol. The van der Waals surface area contributed by atoms with Crippen molar-refractivity contribution in [1.29, 1.82) is 0 Å². The van der Waals surface area contributed by atoms with Crippen LogP contribution >= 0.6 is 44.1 Å². The van der Waals surface area contributed by atoms with Gasteiger partial charge in [0, 0.05) is 20.2 Å². The Labute approximate surface area is 125 Å². The number of nitrogens with zero attached hydrogens (tertiary/aromatic N) is 1. The highest BCUT2D eigenvalue weighted by molar-refractivity contribution is 9.11. The van der Waals surface area contributed by atoms with Crippen LogP contribution in [-0.4, -0.2) is 10.7 Å². The molecule has 0 radical (unpaired) electrons. The normalized spacial score (nSPS) is 11.4. The van der Waals surface area contributed by atoms with Crippen LogP contribution in [0.2, 0.25) is 0 Å². The molecule has 2 N–H and O–H groups in total. The van der Waals surface area contributed by atoms with Gasteiger partial charge in [0.1, 0.15) is 0 Å². The predicted octanol–water partition coefficient (Wildman–Crippen LogP) is 4.45. The summed E-state index contributed by atoms with van der Waals surface area (Å²) in [6, 6.07) is 6.02. The van der Waals surface area contributed by atoms with Gasteiger partial charge in [-0.25, -0.2) is 0 Å². The van der Waals surface area contributed by atoms with Crippen molar-refractivity contribution in [3.63, 3.8) is 0 Å². The molecule has 1 aromatic rings. The minimum Gasteiger partial charge on any atom is -0.376 e. The topological polar surface area (TPSA) is 29.3 Å². The Morgan fingerprint density at radius 1 is 1.29 bits per heavy atom. The Hall–Kier alpha value is -0.130. The molecule has 0 heterocycles. The third kappa shape index (κ3) is 3.66. The van der Waals surface area contributed by atoms with E-state index in [1.807, 2.05) is 23.1 Å². The van der Waals surface area contributed by atoms with Crippen molar-refractivity contribution < 1.29 is 0 Å². The second-order valence-electron chi connectivity index (χ2n) is 4.47. The van der Waals surface area contributed by atoms with Gasteiger partial charge in [0.2, 0.25) is 0 Å². The number of benzene rings is 1. The Balaban J connectivity index is 3.28. The van der Waals surface area contributed by atoms with Gasteiger partial charge < -0.3 is 10.6 Å². The molecule has 0 aliphatic heterocycles. The van der Waals surface area contributed by atoms with Gasteiger partial charge in [-0.1, -0.05) is 38.8 Å². The lowest BCUT2D eigenvalue weighted by Gasteiger charge is -2.38. The van der Waals surface area contributed by atoms with E-state index in [1.165, 1.54) is 0 Å². The molecule has 5 heteroatoms. The second kappa shape index (κ2) is 5.67. The maximum absolute atomic E-state index is 5.86. The van der Waals surface area contributed by atoms with E-state index in [-0.39, 0.29) is 5.54 Å². The maximum Gasteiger partial charge on any atom is 0.171 e. The van der Waals surface area contributed by atoms with Gasteiger partial charge in [0.15, 0.2) is 5.11 Å². The minimum atomic E-state index is -0.105. The standard InChI is InChI=1S/C12H16Br2N2S/c1-4-12(2,3)16(11(15)17)10-6-8(13)5-9(14)7-10/h5-7H,4H2,1-3H3,(H2,15,17). The van der Waals surface area contributed by atoms with E-state index in [9.17, 15) is 0 Å². The van der Waals surface area contributed by atoms with Gasteiger partial charge in [-0.2, -0.15) is 0 Å². The van der Waals surface area contributed by atoms with Crippen LogP contribution in [-0.2, 0) is 0 Å². The van der Waals surface area contributed by atoms with E-state index >= 15 is 0 Å². The molecule has 0 spiro atoms. The summed E-state index contributed by atoms with van der Waals surface area (Å²) >= 11 is 12.1. The van der Waals surface area contributed by atoms with Crippen LogP contribution in [0.3, 0.4) is 0 Å². The fourth-order valence-corrected chi connectivity index (χ4v) is 3.22. The zero-order chi connectivity index (χ0) is 13.2. The number of hydrogen-bond acceptors (Lipinski definition) is 1. The monoisotopic (exact) mass is 378 g/mol. The van der Waals surface area contributed by atoms with Crippen molar-refractivity contribution in [3.8, 4) is 0 Å². The first-order valence-corrected chi connectivity index (χ1v) is 7.33. The molecule has 0 saturated carbocycles. The first-order chi connectivity index (χ1) is 7.77. The number of halogens is 2. The summed E-state index contributed by atoms with van der Waals surface area (Å²) in [6.45, 7) is 6.38. The van der Waals surface area contributed by atoms with Crippen LogP contribution in [0.4, 0.5) is 5.69 Å². The number of hydrogen-bond donors (Lipinski definition) is 1. The first-order valence-electron chi connectivity index (χ1n) is 5.33.